The lowest BCUT2D eigenvalue weighted by Crippen LogP contribution is -2.57. The molecular formula is C17H11F3N2O5. The number of hydrogen-bond acceptors (Lipinski definition) is 6. The molecule has 2 aromatic carbocycles. The largest absolute Gasteiger partial charge is 0.455 e. The molecule has 0 fully saturated rings. The number of halogens is 3. The lowest BCUT2D eigenvalue weighted by Gasteiger charge is -2.32. The van der Waals surface area contributed by atoms with Crippen LogP contribution in [0, 0.1) is 10.1 Å². The molecule has 2 aromatic rings. The molecule has 1 aliphatic carbocycles. The molecule has 0 spiro atoms. The summed E-state index contributed by atoms with van der Waals surface area (Å²) < 4.78 is 44.4. The molecule has 140 valence electrons. The Morgan fingerprint density at radius 3 is 2.56 bits per heavy atom. The first kappa shape index (κ1) is 17.4. The van der Waals surface area contributed by atoms with Crippen LogP contribution in [0.25, 0.3) is 0 Å². The maximum absolute atomic E-state index is 13.1. The molecule has 0 saturated carbocycles. The molecule has 4 rings (SSSR count). The van der Waals surface area contributed by atoms with Crippen molar-refractivity contribution in [2.24, 2.45) is 0 Å². The van der Waals surface area contributed by atoms with Gasteiger partial charge in [-0.2, -0.15) is 13.2 Å². The number of fused-ring (bicyclic) bond motifs is 5. The first-order valence-electron chi connectivity index (χ1n) is 7.72. The van der Waals surface area contributed by atoms with Gasteiger partial charge in [-0.3, -0.25) is 20.2 Å². The predicted octanol–water partition coefficient (Wildman–Crippen LogP) is 2.46. The topological polar surface area (TPSA) is 102 Å². The molecule has 7 nitrogen and oxygen atoms in total. The third-order valence-electron chi connectivity index (χ3n) is 5.02. The summed E-state index contributed by atoms with van der Waals surface area (Å²) in [5, 5.41) is 25.3. The molecule has 0 radical (unpaired) electrons. The average molecular weight is 380 g/mol. The molecule has 0 saturated heterocycles. The minimum Gasteiger partial charge on any atom is -0.455 e. The third-order valence-corrected chi connectivity index (χ3v) is 5.02. The third kappa shape index (κ3) is 1.91. The second-order valence-corrected chi connectivity index (χ2v) is 6.24. The van der Waals surface area contributed by atoms with Gasteiger partial charge in [0.25, 0.3) is 11.5 Å². The zero-order chi connectivity index (χ0) is 19.8. The second-order valence-electron chi connectivity index (χ2n) is 6.24. The van der Waals surface area contributed by atoms with Crippen LogP contribution in [-0.4, -0.2) is 22.9 Å². The zero-order valence-electron chi connectivity index (χ0n) is 13.6. The SMILES string of the molecule is CNC12C(=O)c3cccc([N+](=O)[O-])c3C1(O)Oc1cc(C(F)(F)F)ccc12. The molecular weight excluding hydrogens is 369 g/mol. The number of carbonyl (C=O) groups is 1. The Kier molecular flexibility index (Phi) is 3.26. The number of nitrogens with one attached hydrogen (secondary N) is 1. The predicted molar refractivity (Wildman–Crippen MR) is 84.1 cm³/mol. The van der Waals surface area contributed by atoms with E-state index in [2.05, 4.69) is 5.32 Å². The summed E-state index contributed by atoms with van der Waals surface area (Å²) in [5.41, 5.74) is -4.15. The number of nitro groups is 1. The van der Waals surface area contributed by atoms with E-state index in [-0.39, 0.29) is 22.4 Å². The van der Waals surface area contributed by atoms with Crippen LogP contribution in [0.3, 0.4) is 0 Å². The number of ether oxygens (including phenoxy) is 1. The van der Waals surface area contributed by atoms with E-state index in [0.717, 1.165) is 18.2 Å². The van der Waals surface area contributed by atoms with E-state index in [4.69, 9.17) is 4.74 Å². The zero-order valence-corrected chi connectivity index (χ0v) is 13.6. The van der Waals surface area contributed by atoms with Gasteiger partial charge >= 0.3 is 6.18 Å². The van der Waals surface area contributed by atoms with E-state index in [1.165, 1.54) is 19.2 Å². The maximum Gasteiger partial charge on any atom is 0.416 e. The molecule has 0 bridgehead atoms. The first-order chi connectivity index (χ1) is 12.6. The number of aliphatic hydroxyl groups is 1. The van der Waals surface area contributed by atoms with Crippen molar-refractivity contribution in [1.82, 2.24) is 5.32 Å². The van der Waals surface area contributed by atoms with Crippen LogP contribution in [0.1, 0.15) is 27.0 Å². The number of benzene rings is 2. The van der Waals surface area contributed by atoms with Crippen LogP contribution < -0.4 is 10.1 Å². The highest BCUT2D eigenvalue weighted by molar-refractivity contribution is 6.11. The summed E-state index contributed by atoms with van der Waals surface area (Å²) >= 11 is 0. The van der Waals surface area contributed by atoms with Crippen LogP contribution in [0.4, 0.5) is 18.9 Å². The Balaban J connectivity index is 2.02. The van der Waals surface area contributed by atoms with Crippen molar-refractivity contribution in [3.05, 3.63) is 68.8 Å². The quantitative estimate of drug-likeness (QED) is 0.613. The maximum atomic E-state index is 13.1. The van der Waals surface area contributed by atoms with Crippen LogP contribution in [0.5, 0.6) is 5.75 Å². The fraction of sp³-hybridized carbons (Fsp3) is 0.235. The van der Waals surface area contributed by atoms with Gasteiger partial charge in [-0.1, -0.05) is 18.2 Å². The fourth-order valence-corrected chi connectivity index (χ4v) is 3.88. The Morgan fingerprint density at radius 1 is 1.26 bits per heavy atom. The van der Waals surface area contributed by atoms with E-state index in [9.17, 15) is 33.2 Å². The monoisotopic (exact) mass is 380 g/mol. The van der Waals surface area contributed by atoms with Crippen molar-refractivity contribution in [2.75, 3.05) is 7.05 Å². The Labute approximate surface area is 149 Å². The summed E-state index contributed by atoms with van der Waals surface area (Å²) in [7, 11) is 1.32. The lowest BCUT2D eigenvalue weighted by atomic mass is 9.83. The molecule has 1 aliphatic heterocycles. The van der Waals surface area contributed by atoms with Gasteiger partial charge in [0.05, 0.1) is 10.5 Å². The molecule has 10 heteroatoms. The summed E-state index contributed by atoms with van der Waals surface area (Å²) in [6, 6.07) is 6.12. The average Bonchev–Trinajstić information content (AvgIpc) is 2.97. The van der Waals surface area contributed by atoms with E-state index >= 15 is 0 Å². The van der Waals surface area contributed by atoms with Crippen LogP contribution in [-0.2, 0) is 17.5 Å². The number of hydrogen-bond donors (Lipinski definition) is 2. The number of rotatable bonds is 2. The van der Waals surface area contributed by atoms with Crippen molar-refractivity contribution in [1.29, 1.82) is 0 Å². The highest BCUT2D eigenvalue weighted by Crippen LogP contribution is 2.60. The van der Waals surface area contributed by atoms with Crippen molar-refractivity contribution in [2.45, 2.75) is 17.5 Å². The summed E-state index contributed by atoms with van der Waals surface area (Å²) in [6.45, 7) is 0. The number of alkyl halides is 3. The molecule has 2 N–H and O–H groups in total. The van der Waals surface area contributed by atoms with Crippen molar-refractivity contribution in [3.63, 3.8) is 0 Å². The van der Waals surface area contributed by atoms with Crippen molar-refractivity contribution < 1.29 is 32.7 Å². The Morgan fingerprint density at radius 2 is 1.96 bits per heavy atom. The van der Waals surface area contributed by atoms with Crippen molar-refractivity contribution in [3.8, 4) is 5.75 Å². The number of nitro benzene ring substituents is 1. The Bertz CT molecular complexity index is 1020. The first-order valence-corrected chi connectivity index (χ1v) is 7.72. The molecule has 0 amide bonds. The summed E-state index contributed by atoms with van der Waals surface area (Å²) in [4.78, 5) is 23.7. The van der Waals surface area contributed by atoms with E-state index in [1.807, 2.05) is 0 Å². The van der Waals surface area contributed by atoms with Crippen LogP contribution in [0.15, 0.2) is 36.4 Å². The van der Waals surface area contributed by atoms with E-state index in [0.29, 0.717) is 6.07 Å². The highest BCUT2D eigenvalue weighted by atomic mass is 19.4. The standard InChI is InChI=1S/C17H11F3N2O5/c1-21-15-10-6-5-8(17(18,19)20)7-12(10)27-16(15,24)13-9(14(15)23)3-2-4-11(13)22(25)26/h2-7,21,24H,1H3. The number of carbonyl (C=O) groups excluding carboxylic acids is 1. The van der Waals surface area contributed by atoms with Gasteiger partial charge in [0, 0.05) is 17.2 Å². The van der Waals surface area contributed by atoms with Gasteiger partial charge in [-0.25, -0.2) is 0 Å². The molecule has 2 aliphatic rings. The molecule has 27 heavy (non-hydrogen) atoms. The Hall–Kier alpha value is -2.98. The molecule has 2 unspecified atom stereocenters. The van der Waals surface area contributed by atoms with E-state index in [1.54, 1.807) is 0 Å². The van der Waals surface area contributed by atoms with Gasteiger partial charge in [0.1, 0.15) is 11.3 Å². The van der Waals surface area contributed by atoms with Gasteiger partial charge in [-0.05, 0) is 19.2 Å². The number of Topliss-reactive ketones (excluding diaryl/α,β-unsaturated/α-hetero) is 1. The second kappa shape index (κ2) is 5.05. The van der Waals surface area contributed by atoms with Gasteiger partial charge < -0.3 is 9.84 Å². The smallest absolute Gasteiger partial charge is 0.416 e. The van der Waals surface area contributed by atoms with Crippen molar-refractivity contribution >= 4 is 11.5 Å². The van der Waals surface area contributed by atoms with Gasteiger partial charge in [0.15, 0.2) is 11.3 Å². The van der Waals surface area contributed by atoms with Crippen LogP contribution >= 0.6 is 0 Å². The van der Waals surface area contributed by atoms with Gasteiger partial charge in [-0.15, -0.1) is 0 Å². The van der Waals surface area contributed by atoms with E-state index < -0.39 is 39.5 Å². The number of nitrogens with zero attached hydrogens (tertiary/aromatic N) is 1. The highest BCUT2D eigenvalue weighted by Gasteiger charge is 2.72. The van der Waals surface area contributed by atoms with Gasteiger partial charge in [0.2, 0.25) is 0 Å². The number of ketones is 1. The fourth-order valence-electron chi connectivity index (χ4n) is 3.88. The summed E-state index contributed by atoms with van der Waals surface area (Å²) in [5.74, 6) is -3.67. The van der Waals surface area contributed by atoms with Crippen LogP contribution in [0.2, 0.25) is 0 Å². The normalized spacial score (nSPS) is 25.6. The molecule has 0 aromatic heterocycles. The number of likely N-dealkylation sites (N-methyl/N-ethyl adjacent to an activating group) is 1. The molecule has 1 heterocycles. The summed E-state index contributed by atoms with van der Waals surface area (Å²) in [6.07, 6.45) is -4.67. The molecule has 2 atom stereocenters. The lowest BCUT2D eigenvalue weighted by molar-refractivity contribution is -0.388. The minimum absolute atomic E-state index is 0.0315. The minimum atomic E-state index is -4.67.